The molecule has 0 aliphatic carbocycles. The number of aryl methyl sites for hydroxylation is 1. The second kappa shape index (κ2) is 6.32. The highest BCUT2D eigenvalue weighted by molar-refractivity contribution is 7.89. The van der Waals surface area contributed by atoms with Crippen LogP contribution in [0.1, 0.15) is 11.5 Å². The maximum Gasteiger partial charge on any atom is 0.253 e. The van der Waals surface area contributed by atoms with Crippen molar-refractivity contribution in [1.82, 2.24) is 0 Å². The molecule has 1 heterocycles. The van der Waals surface area contributed by atoms with Crippen LogP contribution in [0.15, 0.2) is 49.2 Å². The summed E-state index contributed by atoms with van der Waals surface area (Å²) in [6.45, 7) is 1.95. The van der Waals surface area contributed by atoms with Crippen LogP contribution in [0.25, 0.3) is 0 Å². The van der Waals surface area contributed by atoms with E-state index in [9.17, 15) is 23.1 Å². The van der Waals surface area contributed by atoms with E-state index in [1.807, 2.05) is 0 Å². The number of hydrogen-bond donors (Lipinski definition) is 4. The highest BCUT2D eigenvalue weighted by atomic mass is 32.2. The maximum absolute atomic E-state index is 11.8. The summed E-state index contributed by atoms with van der Waals surface area (Å²) in [5, 5.41) is 20.5. The Balaban J connectivity index is 1.87. The molecule has 0 bridgehead atoms. The van der Waals surface area contributed by atoms with Gasteiger partial charge in [-0.05, 0) is 31.2 Å². The predicted octanol–water partition coefficient (Wildman–Crippen LogP) is 0.893. The molecule has 9 nitrogen and oxygen atoms in total. The molecule has 0 atom stereocenters. The zero-order valence-electron chi connectivity index (χ0n) is 13.6. The van der Waals surface area contributed by atoms with Gasteiger partial charge in [0.1, 0.15) is 27.8 Å². The number of phenols is 1. The molecule has 5 N–H and O–H groups in total. The number of para-hydroxylation sites is 1. The fraction of sp³-hybridized carbons (Fsp3) is 0.125. The van der Waals surface area contributed by atoms with Crippen LogP contribution in [0.2, 0.25) is 0 Å². The number of furan rings is 1. The molecule has 0 unspecified atom stereocenters. The first-order chi connectivity index (χ1) is 12.2. The van der Waals surface area contributed by atoms with Crippen LogP contribution in [0.3, 0.4) is 0 Å². The smallest absolute Gasteiger partial charge is 0.253 e. The highest BCUT2D eigenvalue weighted by Crippen LogP contribution is 2.33. The third-order valence-electron chi connectivity index (χ3n) is 3.71. The number of nitrogens with one attached hydrogen (secondary N) is 2. The van der Waals surface area contributed by atoms with Crippen molar-refractivity contribution >= 4 is 27.1 Å². The van der Waals surface area contributed by atoms with Gasteiger partial charge >= 0.3 is 0 Å². The molecule has 0 fully saturated rings. The van der Waals surface area contributed by atoms with Crippen molar-refractivity contribution in [2.75, 3.05) is 10.6 Å². The van der Waals surface area contributed by atoms with Gasteiger partial charge in [-0.3, -0.25) is 9.59 Å². The van der Waals surface area contributed by atoms with Crippen LogP contribution in [0.4, 0.5) is 17.1 Å². The number of hydrogen-bond acceptors (Lipinski definition) is 8. The van der Waals surface area contributed by atoms with E-state index in [0.29, 0.717) is 11.5 Å². The standard InChI is InChI=1S/C16H15N3O6S/c1-8-5-6-9(25-8)7-18-12-13(16(22)15(12)21)19-10-3-2-4-11(14(10)20)26(17,23)24/h2-6,18-20H,7H2,1H3,(H2,17,23,24). The molecule has 3 aromatic rings. The number of aromatic hydroxyl groups is 1. The van der Waals surface area contributed by atoms with E-state index in [1.165, 1.54) is 12.1 Å². The van der Waals surface area contributed by atoms with Gasteiger partial charge in [-0.25, -0.2) is 13.6 Å². The molecule has 0 aliphatic heterocycles. The minimum absolute atomic E-state index is 0.0180. The summed E-state index contributed by atoms with van der Waals surface area (Å²) in [5.74, 6) is 0.631. The lowest BCUT2D eigenvalue weighted by Crippen LogP contribution is -2.36. The average molecular weight is 377 g/mol. The van der Waals surface area contributed by atoms with Crippen LogP contribution in [-0.4, -0.2) is 13.5 Å². The van der Waals surface area contributed by atoms with Crippen molar-refractivity contribution in [2.45, 2.75) is 18.4 Å². The Labute approximate surface area is 147 Å². The molecular formula is C16H15N3O6S. The van der Waals surface area contributed by atoms with Crippen LogP contribution in [0.5, 0.6) is 5.75 Å². The molecule has 0 radical (unpaired) electrons. The molecule has 0 aliphatic rings. The molecule has 0 spiro atoms. The van der Waals surface area contributed by atoms with Gasteiger partial charge in [0.15, 0.2) is 5.75 Å². The molecule has 2 aromatic carbocycles. The molecule has 0 saturated heterocycles. The summed E-state index contributed by atoms with van der Waals surface area (Å²) >= 11 is 0. The fourth-order valence-electron chi connectivity index (χ4n) is 2.42. The van der Waals surface area contributed by atoms with Crippen molar-refractivity contribution in [3.8, 4) is 5.75 Å². The van der Waals surface area contributed by atoms with Gasteiger partial charge in [0, 0.05) is 0 Å². The summed E-state index contributed by atoms with van der Waals surface area (Å²) < 4.78 is 28.3. The van der Waals surface area contributed by atoms with E-state index in [0.717, 1.165) is 6.07 Å². The Bertz CT molecular complexity index is 1160. The SMILES string of the molecule is Cc1ccc(CNc2c(Nc3cccc(S(N)(=O)=O)c3O)c(=O)c2=O)o1. The first-order valence-electron chi connectivity index (χ1n) is 7.43. The zero-order chi connectivity index (χ0) is 19.1. The van der Waals surface area contributed by atoms with Crippen LogP contribution in [0, 0.1) is 6.92 Å². The number of anilines is 3. The van der Waals surface area contributed by atoms with E-state index in [1.54, 1.807) is 19.1 Å². The Morgan fingerprint density at radius 3 is 2.42 bits per heavy atom. The van der Waals surface area contributed by atoms with Gasteiger partial charge in [-0.2, -0.15) is 0 Å². The van der Waals surface area contributed by atoms with E-state index in [2.05, 4.69) is 10.6 Å². The fourth-order valence-corrected chi connectivity index (χ4v) is 3.07. The normalized spacial score (nSPS) is 11.6. The van der Waals surface area contributed by atoms with Crippen molar-refractivity contribution < 1.29 is 17.9 Å². The quantitative estimate of drug-likeness (QED) is 0.365. The predicted molar refractivity (Wildman–Crippen MR) is 94.9 cm³/mol. The zero-order valence-corrected chi connectivity index (χ0v) is 14.4. The Kier molecular flexibility index (Phi) is 4.30. The Hall–Kier alpha value is -3.11. The first kappa shape index (κ1) is 17.7. The van der Waals surface area contributed by atoms with Gasteiger partial charge in [-0.15, -0.1) is 0 Å². The lowest BCUT2D eigenvalue weighted by Gasteiger charge is -2.16. The third-order valence-corrected chi connectivity index (χ3v) is 4.65. The number of rotatable bonds is 6. The molecule has 26 heavy (non-hydrogen) atoms. The van der Waals surface area contributed by atoms with Crippen molar-refractivity contribution in [2.24, 2.45) is 5.14 Å². The van der Waals surface area contributed by atoms with Gasteiger partial charge in [0.2, 0.25) is 10.0 Å². The van der Waals surface area contributed by atoms with E-state index < -0.39 is 31.5 Å². The number of sulfonamides is 1. The van der Waals surface area contributed by atoms with Crippen molar-refractivity contribution in [3.63, 3.8) is 0 Å². The van der Waals surface area contributed by atoms with Crippen LogP contribution < -0.4 is 26.6 Å². The second-order valence-electron chi connectivity index (χ2n) is 5.60. The number of nitrogens with two attached hydrogens (primary N) is 1. The highest BCUT2D eigenvalue weighted by Gasteiger charge is 2.23. The molecule has 1 aromatic heterocycles. The van der Waals surface area contributed by atoms with Gasteiger partial charge < -0.3 is 20.2 Å². The molecule has 0 saturated carbocycles. The third kappa shape index (κ3) is 3.19. The van der Waals surface area contributed by atoms with Gasteiger partial charge in [0.05, 0.1) is 12.2 Å². The topological polar surface area (TPSA) is 152 Å². The average Bonchev–Trinajstić information content (AvgIpc) is 2.99. The van der Waals surface area contributed by atoms with Crippen molar-refractivity contribution in [1.29, 1.82) is 0 Å². The lowest BCUT2D eigenvalue weighted by atomic mass is 10.1. The summed E-state index contributed by atoms with van der Waals surface area (Å²) in [4.78, 5) is 23.1. The summed E-state index contributed by atoms with van der Waals surface area (Å²) in [5.41, 5.74) is -1.65. The molecule has 3 rings (SSSR count). The number of phenolic OH excluding ortho intramolecular Hbond substituents is 1. The number of primary sulfonamides is 1. The molecule has 0 amide bonds. The Morgan fingerprint density at radius 1 is 1.12 bits per heavy atom. The van der Waals surface area contributed by atoms with E-state index in [4.69, 9.17) is 9.56 Å². The maximum atomic E-state index is 11.8. The van der Waals surface area contributed by atoms with E-state index in [-0.39, 0.29) is 23.6 Å². The van der Waals surface area contributed by atoms with Gasteiger partial charge in [0.25, 0.3) is 10.9 Å². The minimum Gasteiger partial charge on any atom is -0.504 e. The summed E-state index contributed by atoms with van der Waals surface area (Å²) in [6, 6.07) is 7.29. The molecule has 10 heteroatoms. The van der Waals surface area contributed by atoms with Crippen molar-refractivity contribution in [3.05, 3.63) is 62.3 Å². The molecular weight excluding hydrogens is 362 g/mol. The van der Waals surface area contributed by atoms with Crippen LogP contribution in [-0.2, 0) is 16.6 Å². The second-order valence-corrected chi connectivity index (χ2v) is 7.13. The largest absolute Gasteiger partial charge is 0.504 e. The first-order valence-corrected chi connectivity index (χ1v) is 8.97. The summed E-state index contributed by atoms with van der Waals surface area (Å²) in [6.07, 6.45) is 0. The van der Waals surface area contributed by atoms with Gasteiger partial charge in [-0.1, -0.05) is 6.07 Å². The minimum atomic E-state index is -4.15. The monoisotopic (exact) mass is 377 g/mol. The van der Waals surface area contributed by atoms with Crippen LogP contribution >= 0.6 is 0 Å². The lowest BCUT2D eigenvalue weighted by molar-refractivity contribution is 0.461. The molecule has 136 valence electrons. The summed E-state index contributed by atoms with van der Waals surface area (Å²) in [7, 11) is -4.15. The Morgan fingerprint density at radius 2 is 1.81 bits per heavy atom. The van der Waals surface area contributed by atoms with E-state index >= 15 is 0 Å². The number of benzene rings is 1.